The third kappa shape index (κ3) is 2.28. The molecule has 3 nitrogen and oxygen atoms in total. The molecule has 90 valence electrons. The molecular weight excluding hydrogens is 224 g/mol. The van der Waals surface area contributed by atoms with E-state index in [1.807, 2.05) is 42.5 Å². The molecule has 2 aromatic rings. The van der Waals surface area contributed by atoms with E-state index in [4.69, 9.17) is 10.5 Å². The Morgan fingerprint density at radius 1 is 1.11 bits per heavy atom. The summed E-state index contributed by atoms with van der Waals surface area (Å²) in [6.45, 7) is 0. The Labute approximate surface area is 106 Å². The zero-order chi connectivity index (χ0) is 13.0. The summed E-state index contributed by atoms with van der Waals surface area (Å²) in [5, 5.41) is 9.34. The molecule has 0 unspecified atom stereocenters. The van der Waals surface area contributed by atoms with Crippen LogP contribution in [0, 0.1) is 11.3 Å². The Hall–Kier alpha value is -2.47. The molecule has 0 spiro atoms. The first-order chi connectivity index (χ1) is 8.76. The standard InChI is InChI=1S/C15H14N2O/c1-18-15-9-12(7-8-14(15)17)13(10-16)11-5-3-2-4-6-11/h2-9,13H,17H2,1H3/t13-/m0/s1. The van der Waals surface area contributed by atoms with Crippen molar-refractivity contribution in [1.82, 2.24) is 0 Å². The maximum Gasteiger partial charge on any atom is 0.142 e. The van der Waals surface area contributed by atoms with Crippen molar-refractivity contribution in [2.45, 2.75) is 5.92 Å². The summed E-state index contributed by atoms with van der Waals surface area (Å²) < 4.78 is 5.18. The van der Waals surface area contributed by atoms with Crippen LogP contribution in [0.3, 0.4) is 0 Å². The average molecular weight is 238 g/mol. The molecule has 2 N–H and O–H groups in total. The maximum atomic E-state index is 9.34. The van der Waals surface area contributed by atoms with Gasteiger partial charge in [-0.2, -0.15) is 5.26 Å². The quantitative estimate of drug-likeness (QED) is 0.836. The summed E-state index contributed by atoms with van der Waals surface area (Å²) in [5.41, 5.74) is 8.20. The number of nitrogens with zero attached hydrogens (tertiary/aromatic N) is 1. The number of nitrogen functional groups attached to an aromatic ring is 1. The summed E-state index contributed by atoms with van der Waals surface area (Å²) in [4.78, 5) is 0. The highest BCUT2D eigenvalue weighted by Gasteiger charge is 2.14. The van der Waals surface area contributed by atoms with Crippen molar-refractivity contribution < 1.29 is 4.74 Å². The molecule has 0 amide bonds. The summed E-state index contributed by atoms with van der Waals surface area (Å²) in [5.74, 6) is 0.296. The molecule has 2 aromatic carbocycles. The van der Waals surface area contributed by atoms with Crippen LogP contribution in [-0.4, -0.2) is 7.11 Å². The molecule has 1 atom stereocenters. The van der Waals surface area contributed by atoms with E-state index in [0.717, 1.165) is 11.1 Å². The van der Waals surface area contributed by atoms with Gasteiger partial charge < -0.3 is 10.5 Å². The minimum atomic E-state index is -0.305. The maximum absolute atomic E-state index is 9.34. The van der Waals surface area contributed by atoms with Gasteiger partial charge in [0.25, 0.3) is 0 Å². The average Bonchev–Trinajstić information content (AvgIpc) is 2.42. The number of benzene rings is 2. The second-order valence-corrected chi connectivity index (χ2v) is 3.97. The first-order valence-electron chi connectivity index (χ1n) is 5.64. The molecule has 0 bridgehead atoms. The number of methoxy groups -OCH3 is 1. The zero-order valence-corrected chi connectivity index (χ0v) is 10.1. The van der Waals surface area contributed by atoms with Crippen molar-refractivity contribution in [3.05, 3.63) is 59.7 Å². The van der Waals surface area contributed by atoms with Gasteiger partial charge in [0.2, 0.25) is 0 Å². The number of nitriles is 1. The minimum Gasteiger partial charge on any atom is -0.495 e. The van der Waals surface area contributed by atoms with Gasteiger partial charge in [0.05, 0.1) is 24.8 Å². The number of hydrogen-bond donors (Lipinski definition) is 1. The molecule has 3 heteroatoms. The number of ether oxygens (including phenoxy) is 1. The van der Waals surface area contributed by atoms with E-state index in [2.05, 4.69) is 6.07 Å². The highest BCUT2D eigenvalue weighted by atomic mass is 16.5. The molecule has 0 aromatic heterocycles. The van der Waals surface area contributed by atoms with Crippen molar-refractivity contribution in [2.24, 2.45) is 0 Å². The van der Waals surface area contributed by atoms with Crippen LogP contribution in [-0.2, 0) is 0 Å². The fourth-order valence-corrected chi connectivity index (χ4v) is 1.89. The molecule has 2 rings (SSSR count). The van der Waals surface area contributed by atoms with Crippen LogP contribution in [0.5, 0.6) is 5.75 Å². The Balaban J connectivity index is 2.44. The van der Waals surface area contributed by atoms with Gasteiger partial charge in [-0.1, -0.05) is 36.4 Å². The van der Waals surface area contributed by atoms with Crippen molar-refractivity contribution in [3.8, 4) is 11.8 Å². The van der Waals surface area contributed by atoms with Crippen LogP contribution >= 0.6 is 0 Å². The van der Waals surface area contributed by atoms with Gasteiger partial charge in [0.15, 0.2) is 0 Å². The molecule has 18 heavy (non-hydrogen) atoms. The highest BCUT2D eigenvalue weighted by molar-refractivity contribution is 5.56. The summed E-state index contributed by atoms with van der Waals surface area (Å²) in [7, 11) is 1.57. The van der Waals surface area contributed by atoms with E-state index >= 15 is 0 Å². The number of hydrogen-bond acceptors (Lipinski definition) is 3. The molecule has 0 saturated heterocycles. The summed E-state index contributed by atoms with van der Waals surface area (Å²) in [6, 6.07) is 17.4. The SMILES string of the molecule is COc1cc([C@@H](C#N)c2ccccc2)ccc1N. The summed E-state index contributed by atoms with van der Waals surface area (Å²) >= 11 is 0. The molecule has 0 radical (unpaired) electrons. The van der Waals surface area contributed by atoms with Crippen LogP contribution in [0.25, 0.3) is 0 Å². The number of rotatable bonds is 3. The smallest absolute Gasteiger partial charge is 0.142 e. The molecule has 0 aliphatic heterocycles. The van der Waals surface area contributed by atoms with E-state index in [-0.39, 0.29) is 5.92 Å². The van der Waals surface area contributed by atoms with E-state index in [9.17, 15) is 5.26 Å². The van der Waals surface area contributed by atoms with Crippen LogP contribution < -0.4 is 10.5 Å². The number of anilines is 1. The molecule has 0 aliphatic carbocycles. The van der Waals surface area contributed by atoms with Gasteiger partial charge in [-0.05, 0) is 23.3 Å². The van der Waals surface area contributed by atoms with Crippen molar-refractivity contribution >= 4 is 5.69 Å². The van der Waals surface area contributed by atoms with E-state index in [0.29, 0.717) is 11.4 Å². The van der Waals surface area contributed by atoms with Gasteiger partial charge in [-0.25, -0.2) is 0 Å². The van der Waals surface area contributed by atoms with Gasteiger partial charge in [-0.3, -0.25) is 0 Å². The Bertz CT molecular complexity index is 573. The molecule has 0 fully saturated rings. The largest absolute Gasteiger partial charge is 0.495 e. The predicted molar refractivity (Wildman–Crippen MR) is 71.3 cm³/mol. The van der Waals surface area contributed by atoms with E-state index in [1.54, 1.807) is 13.2 Å². The summed E-state index contributed by atoms with van der Waals surface area (Å²) in [6.07, 6.45) is 0. The molecule has 0 saturated carbocycles. The Morgan fingerprint density at radius 2 is 1.83 bits per heavy atom. The third-order valence-electron chi connectivity index (χ3n) is 2.85. The van der Waals surface area contributed by atoms with Crippen LogP contribution in [0.4, 0.5) is 5.69 Å². The van der Waals surface area contributed by atoms with E-state index < -0.39 is 0 Å². The normalized spacial score (nSPS) is 11.6. The third-order valence-corrected chi connectivity index (χ3v) is 2.85. The fraction of sp³-hybridized carbons (Fsp3) is 0.133. The number of nitrogens with two attached hydrogens (primary N) is 1. The Kier molecular flexibility index (Phi) is 3.49. The second-order valence-electron chi connectivity index (χ2n) is 3.97. The monoisotopic (exact) mass is 238 g/mol. The van der Waals surface area contributed by atoms with Gasteiger partial charge in [-0.15, -0.1) is 0 Å². The molecule has 0 heterocycles. The van der Waals surface area contributed by atoms with Gasteiger partial charge in [0, 0.05) is 0 Å². The second kappa shape index (κ2) is 5.24. The van der Waals surface area contributed by atoms with Crippen LogP contribution in [0.2, 0.25) is 0 Å². The lowest BCUT2D eigenvalue weighted by Gasteiger charge is -2.12. The Morgan fingerprint density at radius 3 is 2.44 bits per heavy atom. The lowest BCUT2D eigenvalue weighted by Crippen LogP contribution is -2.00. The van der Waals surface area contributed by atoms with Crippen molar-refractivity contribution in [1.29, 1.82) is 5.26 Å². The van der Waals surface area contributed by atoms with Gasteiger partial charge in [0.1, 0.15) is 5.75 Å². The lowest BCUT2D eigenvalue weighted by molar-refractivity contribution is 0.416. The lowest BCUT2D eigenvalue weighted by atomic mass is 9.92. The minimum absolute atomic E-state index is 0.305. The van der Waals surface area contributed by atoms with Gasteiger partial charge >= 0.3 is 0 Å². The first-order valence-corrected chi connectivity index (χ1v) is 5.64. The van der Waals surface area contributed by atoms with E-state index in [1.165, 1.54) is 0 Å². The zero-order valence-electron chi connectivity index (χ0n) is 10.1. The van der Waals surface area contributed by atoms with Crippen LogP contribution in [0.1, 0.15) is 17.0 Å². The highest BCUT2D eigenvalue weighted by Crippen LogP contribution is 2.30. The fourth-order valence-electron chi connectivity index (χ4n) is 1.89. The predicted octanol–water partition coefficient (Wildman–Crippen LogP) is 2.93. The first kappa shape index (κ1) is 12.0. The van der Waals surface area contributed by atoms with Crippen molar-refractivity contribution in [2.75, 3.05) is 12.8 Å². The van der Waals surface area contributed by atoms with Crippen molar-refractivity contribution in [3.63, 3.8) is 0 Å². The van der Waals surface area contributed by atoms with Crippen LogP contribution in [0.15, 0.2) is 48.5 Å². The molecular formula is C15H14N2O. The molecule has 0 aliphatic rings. The topological polar surface area (TPSA) is 59.0 Å².